The number of halogens is 1. The molecule has 84 valence electrons. The summed E-state index contributed by atoms with van der Waals surface area (Å²) in [6, 6.07) is 2.04. The molecule has 0 aliphatic carbocycles. The van der Waals surface area contributed by atoms with Crippen molar-refractivity contribution in [1.29, 1.82) is 0 Å². The molecule has 16 heavy (non-hydrogen) atoms. The van der Waals surface area contributed by atoms with Gasteiger partial charge in [0.1, 0.15) is 4.88 Å². The van der Waals surface area contributed by atoms with Crippen LogP contribution in [-0.4, -0.2) is 11.1 Å². The predicted octanol–water partition coefficient (Wildman–Crippen LogP) is 3.67. The lowest BCUT2D eigenvalue weighted by Crippen LogP contribution is -1.97. The van der Waals surface area contributed by atoms with E-state index in [2.05, 4.69) is 22.6 Å². The number of carboxylic acids is 1. The number of carboxylic acid groups (broad SMARTS) is 1. The quantitative estimate of drug-likeness (QED) is 0.799. The van der Waals surface area contributed by atoms with Crippen molar-refractivity contribution in [2.45, 2.75) is 6.92 Å². The molecule has 6 heteroatoms. The van der Waals surface area contributed by atoms with Crippen molar-refractivity contribution in [3.8, 4) is 10.4 Å². The lowest BCUT2D eigenvalue weighted by molar-refractivity contribution is 0.0703. The topological polar surface area (TPSA) is 63.3 Å². The third kappa shape index (κ3) is 1.96. The van der Waals surface area contributed by atoms with Gasteiger partial charge in [0, 0.05) is 15.8 Å². The van der Waals surface area contributed by atoms with Crippen molar-refractivity contribution < 1.29 is 9.90 Å². The molecular formula is C10H8INO2S2. The van der Waals surface area contributed by atoms with Crippen molar-refractivity contribution >= 4 is 56.9 Å². The van der Waals surface area contributed by atoms with Gasteiger partial charge in [0.15, 0.2) is 0 Å². The van der Waals surface area contributed by atoms with E-state index in [1.165, 1.54) is 14.2 Å². The van der Waals surface area contributed by atoms with E-state index in [-0.39, 0.29) is 4.88 Å². The van der Waals surface area contributed by atoms with E-state index in [1.807, 2.05) is 18.4 Å². The summed E-state index contributed by atoms with van der Waals surface area (Å²) in [6.45, 7) is 1.86. The van der Waals surface area contributed by atoms with E-state index < -0.39 is 5.97 Å². The smallest absolute Gasteiger partial charge is 0.348 e. The number of nitrogens with two attached hydrogens (primary N) is 1. The fourth-order valence-electron chi connectivity index (χ4n) is 1.39. The Hall–Kier alpha value is -0.600. The Morgan fingerprint density at radius 1 is 1.56 bits per heavy atom. The van der Waals surface area contributed by atoms with E-state index >= 15 is 0 Å². The van der Waals surface area contributed by atoms with Gasteiger partial charge in [-0.1, -0.05) is 0 Å². The first kappa shape index (κ1) is 11.9. The number of rotatable bonds is 2. The van der Waals surface area contributed by atoms with Crippen LogP contribution in [0.1, 0.15) is 15.2 Å². The van der Waals surface area contributed by atoms with Crippen LogP contribution in [0, 0.1) is 9.81 Å². The van der Waals surface area contributed by atoms with Gasteiger partial charge < -0.3 is 10.8 Å². The maximum absolute atomic E-state index is 11.0. The lowest BCUT2D eigenvalue weighted by Gasteiger charge is -1.94. The number of carbonyl (C=O) groups is 1. The third-order valence-corrected chi connectivity index (χ3v) is 5.35. The molecule has 0 fully saturated rings. The van der Waals surface area contributed by atoms with Crippen LogP contribution in [0.3, 0.4) is 0 Å². The van der Waals surface area contributed by atoms with Crippen LogP contribution < -0.4 is 5.73 Å². The van der Waals surface area contributed by atoms with Gasteiger partial charge in [-0.3, -0.25) is 0 Å². The van der Waals surface area contributed by atoms with Gasteiger partial charge in [-0.05, 0) is 41.1 Å². The largest absolute Gasteiger partial charge is 0.477 e. The van der Waals surface area contributed by atoms with E-state index in [1.54, 1.807) is 11.3 Å². The average molecular weight is 365 g/mol. The van der Waals surface area contributed by atoms with Gasteiger partial charge in [0.2, 0.25) is 0 Å². The maximum Gasteiger partial charge on any atom is 0.348 e. The van der Waals surface area contributed by atoms with E-state index in [0.717, 1.165) is 16.0 Å². The van der Waals surface area contributed by atoms with Gasteiger partial charge in [0.25, 0.3) is 0 Å². The van der Waals surface area contributed by atoms with Crippen molar-refractivity contribution in [3.63, 3.8) is 0 Å². The van der Waals surface area contributed by atoms with Crippen LogP contribution in [0.15, 0.2) is 11.4 Å². The summed E-state index contributed by atoms with van der Waals surface area (Å²) in [5.41, 5.74) is 8.07. The minimum absolute atomic E-state index is 0.230. The second-order valence-corrected chi connectivity index (χ2v) is 7.07. The molecule has 0 aromatic carbocycles. The van der Waals surface area contributed by atoms with Crippen LogP contribution >= 0.6 is 45.3 Å². The Balaban J connectivity index is 2.58. The average Bonchev–Trinajstić information content (AvgIpc) is 2.74. The summed E-state index contributed by atoms with van der Waals surface area (Å²) in [4.78, 5) is 12.1. The first-order chi connectivity index (χ1) is 7.50. The Kier molecular flexibility index (Phi) is 3.22. The van der Waals surface area contributed by atoms with Crippen LogP contribution in [0.25, 0.3) is 10.4 Å². The second kappa shape index (κ2) is 4.34. The number of hydrogen-bond donors (Lipinski definition) is 2. The third-order valence-electron chi connectivity index (χ3n) is 2.22. The summed E-state index contributed by atoms with van der Waals surface area (Å²) >= 11 is 5.12. The Morgan fingerprint density at radius 3 is 2.69 bits per heavy atom. The zero-order valence-corrected chi connectivity index (χ0v) is 12.1. The summed E-state index contributed by atoms with van der Waals surface area (Å²) < 4.78 is 1.18. The molecule has 3 N–H and O–H groups in total. The standard InChI is InChI=1S/C10H8INO2S2/c1-4-7(12)9(10(13)14)16-8(4)5-2-6(11)15-3-5/h2-3H,12H2,1H3,(H,13,14). The Morgan fingerprint density at radius 2 is 2.25 bits per heavy atom. The highest BCUT2D eigenvalue weighted by molar-refractivity contribution is 14.1. The Bertz CT molecular complexity index is 559. The zero-order valence-electron chi connectivity index (χ0n) is 8.28. The molecule has 0 amide bonds. The van der Waals surface area contributed by atoms with Crippen LogP contribution in [0.5, 0.6) is 0 Å². The zero-order chi connectivity index (χ0) is 11.9. The first-order valence-corrected chi connectivity index (χ1v) is 7.14. The van der Waals surface area contributed by atoms with Crippen LogP contribution in [0.4, 0.5) is 5.69 Å². The molecule has 0 aliphatic heterocycles. The van der Waals surface area contributed by atoms with Crippen molar-refractivity contribution in [2.75, 3.05) is 5.73 Å². The molecule has 0 unspecified atom stereocenters. The molecule has 0 spiro atoms. The van der Waals surface area contributed by atoms with Crippen LogP contribution in [-0.2, 0) is 0 Å². The van der Waals surface area contributed by atoms with Gasteiger partial charge in [-0.25, -0.2) is 4.79 Å². The number of nitrogen functional groups attached to an aromatic ring is 1. The predicted molar refractivity (Wildman–Crippen MR) is 76.5 cm³/mol. The highest BCUT2D eigenvalue weighted by Gasteiger charge is 2.19. The molecule has 2 aromatic rings. The minimum Gasteiger partial charge on any atom is -0.477 e. The molecule has 0 saturated carbocycles. The number of thiophene rings is 2. The van der Waals surface area contributed by atoms with E-state index in [4.69, 9.17) is 10.8 Å². The molecule has 0 saturated heterocycles. The normalized spacial score (nSPS) is 10.6. The lowest BCUT2D eigenvalue weighted by atomic mass is 10.1. The highest BCUT2D eigenvalue weighted by atomic mass is 127. The monoisotopic (exact) mass is 365 g/mol. The molecule has 0 radical (unpaired) electrons. The molecule has 0 bridgehead atoms. The van der Waals surface area contributed by atoms with Gasteiger partial charge in [-0.15, -0.1) is 22.7 Å². The summed E-state index contributed by atoms with van der Waals surface area (Å²) in [5.74, 6) is -0.957. The van der Waals surface area contributed by atoms with Gasteiger partial charge >= 0.3 is 5.97 Å². The SMILES string of the molecule is Cc1c(-c2csc(I)c2)sc(C(=O)O)c1N. The van der Waals surface area contributed by atoms with Crippen LogP contribution in [0.2, 0.25) is 0 Å². The van der Waals surface area contributed by atoms with Crippen molar-refractivity contribution in [2.24, 2.45) is 0 Å². The van der Waals surface area contributed by atoms with Gasteiger partial charge in [0.05, 0.1) is 8.57 Å². The number of aromatic carboxylic acids is 1. The van der Waals surface area contributed by atoms with Crippen molar-refractivity contribution in [1.82, 2.24) is 0 Å². The molecule has 2 aromatic heterocycles. The number of hydrogen-bond acceptors (Lipinski definition) is 4. The fraction of sp³-hybridized carbons (Fsp3) is 0.100. The molecule has 0 atom stereocenters. The molecular weight excluding hydrogens is 357 g/mol. The van der Waals surface area contributed by atoms with Crippen molar-refractivity contribution in [3.05, 3.63) is 24.8 Å². The molecule has 2 rings (SSSR count). The van der Waals surface area contributed by atoms with E-state index in [0.29, 0.717) is 5.69 Å². The maximum atomic E-state index is 11.0. The molecule has 2 heterocycles. The second-order valence-electron chi connectivity index (χ2n) is 3.24. The summed E-state index contributed by atoms with van der Waals surface area (Å²) in [7, 11) is 0. The van der Waals surface area contributed by atoms with E-state index in [9.17, 15) is 4.79 Å². The van der Waals surface area contributed by atoms with Gasteiger partial charge in [-0.2, -0.15) is 0 Å². The summed E-state index contributed by atoms with van der Waals surface area (Å²) in [6.07, 6.45) is 0. The molecule has 3 nitrogen and oxygen atoms in total. The molecule has 0 aliphatic rings. The fourth-order valence-corrected chi connectivity index (χ4v) is 3.85. The highest BCUT2D eigenvalue weighted by Crippen LogP contribution is 2.39. The first-order valence-electron chi connectivity index (χ1n) is 4.37. The Labute approximate surface area is 114 Å². The summed E-state index contributed by atoms with van der Waals surface area (Å²) in [5, 5.41) is 11.0. The number of anilines is 1. The minimum atomic E-state index is -0.957.